The van der Waals surface area contributed by atoms with E-state index in [-0.39, 0.29) is 5.75 Å². The fourth-order valence-corrected chi connectivity index (χ4v) is 1.93. The highest BCUT2D eigenvalue weighted by Gasteiger charge is 2.22. The molecule has 8 nitrogen and oxygen atoms in total. The smallest absolute Gasteiger partial charge is 0.327 e. The van der Waals surface area contributed by atoms with Gasteiger partial charge in [-0.05, 0) is 6.92 Å². The summed E-state index contributed by atoms with van der Waals surface area (Å²) in [5.41, 5.74) is 0. The fraction of sp³-hybridized carbons (Fsp3) is 0.600. The zero-order chi connectivity index (χ0) is 15.0. The lowest BCUT2D eigenvalue weighted by Crippen LogP contribution is -2.44. The molecule has 4 amide bonds. The fourth-order valence-electron chi connectivity index (χ4n) is 1.01. The SMILES string of the molecule is CNC(=O)NC(=O)C(C)SCC(NC(C)=O)C(=O)O. The van der Waals surface area contributed by atoms with E-state index in [4.69, 9.17) is 5.11 Å². The summed E-state index contributed by atoms with van der Waals surface area (Å²) < 4.78 is 0. The number of urea groups is 1. The Morgan fingerprint density at radius 2 is 1.84 bits per heavy atom. The highest BCUT2D eigenvalue weighted by Crippen LogP contribution is 2.12. The first-order valence-electron chi connectivity index (χ1n) is 5.42. The van der Waals surface area contributed by atoms with E-state index in [9.17, 15) is 19.2 Å². The molecule has 9 heteroatoms. The van der Waals surface area contributed by atoms with E-state index in [1.807, 2.05) is 0 Å². The summed E-state index contributed by atoms with van der Waals surface area (Å²) in [6.07, 6.45) is 0. The van der Waals surface area contributed by atoms with Gasteiger partial charge in [0.2, 0.25) is 11.8 Å². The summed E-state index contributed by atoms with van der Waals surface area (Å²) in [4.78, 5) is 44.1. The second-order valence-electron chi connectivity index (χ2n) is 3.64. The van der Waals surface area contributed by atoms with Gasteiger partial charge in [-0.1, -0.05) is 0 Å². The molecule has 0 saturated carbocycles. The third-order valence-corrected chi connectivity index (χ3v) is 3.26. The minimum absolute atomic E-state index is 0.0250. The summed E-state index contributed by atoms with van der Waals surface area (Å²) >= 11 is 1.03. The number of amides is 4. The summed E-state index contributed by atoms with van der Waals surface area (Å²) in [6.45, 7) is 2.75. The second-order valence-corrected chi connectivity index (χ2v) is 5.01. The van der Waals surface area contributed by atoms with Gasteiger partial charge < -0.3 is 15.7 Å². The largest absolute Gasteiger partial charge is 0.480 e. The van der Waals surface area contributed by atoms with Crippen molar-refractivity contribution < 1.29 is 24.3 Å². The number of rotatable bonds is 6. The van der Waals surface area contributed by atoms with Gasteiger partial charge in [0.1, 0.15) is 6.04 Å². The minimum Gasteiger partial charge on any atom is -0.480 e. The number of imide groups is 1. The molecule has 19 heavy (non-hydrogen) atoms. The molecule has 108 valence electrons. The monoisotopic (exact) mass is 291 g/mol. The van der Waals surface area contributed by atoms with Crippen molar-refractivity contribution in [3.05, 3.63) is 0 Å². The molecule has 2 atom stereocenters. The van der Waals surface area contributed by atoms with Gasteiger partial charge in [-0.25, -0.2) is 9.59 Å². The molecule has 0 aromatic heterocycles. The van der Waals surface area contributed by atoms with E-state index in [2.05, 4.69) is 16.0 Å². The predicted octanol–water partition coefficient (Wildman–Crippen LogP) is -0.847. The molecular weight excluding hydrogens is 274 g/mol. The standard InChI is InChI=1S/C10H17N3O5S/c1-5(8(15)13-10(18)11-3)19-4-7(9(16)17)12-6(2)14/h5,7H,4H2,1-3H3,(H,12,14)(H,16,17)(H2,11,13,15,18). The van der Waals surface area contributed by atoms with Crippen LogP contribution in [0.3, 0.4) is 0 Å². The molecule has 0 aliphatic rings. The Bertz CT molecular complexity index is 374. The zero-order valence-electron chi connectivity index (χ0n) is 10.9. The van der Waals surface area contributed by atoms with Crippen LogP contribution in [-0.2, 0) is 14.4 Å². The van der Waals surface area contributed by atoms with Crippen LogP contribution in [0, 0.1) is 0 Å². The summed E-state index contributed by atoms with van der Waals surface area (Å²) in [5, 5.41) is 14.8. The number of hydrogen-bond donors (Lipinski definition) is 4. The number of nitrogens with one attached hydrogen (secondary N) is 3. The summed E-state index contributed by atoms with van der Waals surface area (Å²) in [5.74, 6) is -2.15. The van der Waals surface area contributed by atoms with Gasteiger partial charge in [0.05, 0.1) is 5.25 Å². The molecule has 0 aliphatic heterocycles. The molecule has 0 aromatic rings. The highest BCUT2D eigenvalue weighted by atomic mass is 32.2. The van der Waals surface area contributed by atoms with E-state index >= 15 is 0 Å². The lowest BCUT2D eigenvalue weighted by atomic mass is 10.3. The number of carbonyl (C=O) groups excluding carboxylic acids is 3. The Morgan fingerprint density at radius 1 is 1.26 bits per heavy atom. The Balaban J connectivity index is 4.28. The first kappa shape index (κ1) is 17.2. The molecule has 2 unspecified atom stereocenters. The van der Waals surface area contributed by atoms with E-state index in [1.165, 1.54) is 20.9 Å². The number of aliphatic carboxylic acids is 1. The molecule has 0 heterocycles. The zero-order valence-corrected chi connectivity index (χ0v) is 11.7. The average Bonchev–Trinajstić information content (AvgIpc) is 2.32. The van der Waals surface area contributed by atoms with Crippen molar-refractivity contribution in [2.24, 2.45) is 0 Å². The van der Waals surface area contributed by atoms with Gasteiger partial charge in [0.15, 0.2) is 0 Å². The Labute approximate surface area is 114 Å². The molecule has 0 rings (SSSR count). The molecule has 0 fully saturated rings. The van der Waals surface area contributed by atoms with Crippen molar-refractivity contribution in [2.45, 2.75) is 25.1 Å². The topological polar surface area (TPSA) is 125 Å². The molecule has 0 aliphatic carbocycles. The first-order chi connectivity index (χ1) is 8.77. The van der Waals surface area contributed by atoms with Crippen LogP contribution in [0.2, 0.25) is 0 Å². The van der Waals surface area contributed by atoms with Crippen molar-refractivity contribution in [3.63, 3.8) is 0 Å². The van der Waals surface area contributed by atoms with Gasteiger partial charge >= 0.3 is 12.0 Å². The molecule has 4 N–H and O–H groups in total. The van der Waals surface area contributed by atoms with E-state index in [0.717, 1.165) is 11.8 Å². The first-order valence-corrected chi connectivity index (χ1v) is 6.46. The van der Waals surface area contributed by atoms with Crippen molar-refractivity contribution in [3.8, 4) is 0 Å². The molecule has 0 radical (unpaired) electrons. The Kier molecular flexibility index (Phi) is 7.57. The highest BCUT2D eigenvalue weighted by molar-refractivity contribution is 8.00. The number of hydrogen-bond acceptors (Lipinski definition) is 5. The van der Waals surface area contributed by atoms with Crippen molar-refractivity contribution in [1.29, 1.82) is 0 Å². The number of carboxylic acids is 1. The molecular formula is C10H17N3O5S. The maximum Gasteiger partial charge on any atom is 0.327 e. The average molecular weight is 291 g/mol. The Morgan fingerprint density at radius 3 is 2.26 bits per heavy atom. The minimum atomic E-state index is -1.18. The van der Waals surface area contributed by atoms with Crippen molar-refractivity contribution in [2.75, 3.05) is 12.8 Å². The number of thioether (sulfide) groups is 1. The van der Waals surface area contributed by atoms with Crippen LogP contribution in [0.15, 0.2) is 0 Å². The van der Waals surface area contributed by atoms with Crippen LogP contribution in [0.1, 0.15) is 13.8 Å². The second kappa shape index (κ2) is 8.35. The van der Waals surface area contributed by atoms with Gasteiger partial charge in [-0.2, -0.15) is 0 Å². The summed E-state index contributed by atoms with van der Waals surface area (Å²) in [6, 6.07) is -1.70. The maximum absolute atomic E-state index is 11.5. The van der Waals surface area contributed by atoms with Crippen LogP contribution < -0.4 is 16.0 Å². The van der Waals surface area contributed by atoms with Crippen molar-refractivity contribution >= 4 is 35.6 Å². The van der Waals surface area contributed by atoms with Crippen LogP contribution in [0.4, 0.5) is 4.79 Å². The predicted molar refractivity (Wildman–Crippen MR) is 69.8 cm³/mol. The van der Waals surface area contributed by atoms with E-state index in [0.29, 0.717) is 0 Å². The van der Waals surface area contributed by atoms with Crippen LogP contribution >= 0.6 is 11.8 Å². The third-order valence-electron chi connectivity index (χ3n) is 2.02. The van der Waals surface area contributed by atoms with Crippen LogP contribution in [0.5, 0.6) is 0 Å². The van der Waals surface area contributed by atoms with Crippen LogP contribution in [0.25, 0.3) is 0 Å². The molecule has 0 bridgehead atoms. The lowest BCUT2D eigenvalue weighted by molar-refractivity contribution is -0.140. The van der Waals surface area contributed by atoms with Gasteiger partial charge in [-0.15, -0.1) is 11.8 Å². The Hall–Kier alpha value is -1.77. The molecule has 0 spiro atoms. The number of carbonyl (C=O) groups is 4. The van der Waals surface area contributed by atoms with E-state index in [1.54, 1.807) is 0 Å². The molecule has 0 saturated heterocycles. The quantitative estimate of drug-likeness (QED) is 0.505. The van der Waals surface area contributed by atoms with Crippen molar-refractivity contribution in [1.82, 2.24) is 16.0 Å². The van der Waals surface area contributed by atoms with Gasteiger partial charge in [-0.3, -0.25) is 14.9 Å². The van der Waals surface area contributed by atoms with E-state index < -0.39 is 35.1 Å². The van der Waals surface area contributed by atoms with Gasteiger partial charge in [0.25, 0.3) is 0 Å². The molecule has 0 aromatic carbocycles. The maximum atomic E-state index is 11.5. The normalized spacial score (nSPS) is 13.0. The number of carboxylic acid groups (broad SMARTS) is 1. The summed E-state index contributed by atoms with van der Waals surface area (Å²) in [7, 11) is 1.37. The third kappa shape index (κ3) is 7.29. The van der Waals surface area contributed by atoms with Crippen LogP contribution in [-0.4, -0.2) is 53.0 Å². The van der Waals surface area contributed by atoms with Gasteiger partial charge in [0, 0.05) is 19.7 Å². The lowest BCUT2D eigenvalue weighted by Gasteiger charge is -2.15.